The van der Waals surface area contributed by atoms with E-state index < -0.39 is 0 Å². The molecule has 2 aliphatic rings. The third-order valence-electron chi connectivity index (χ3n) is 4.87. The summed E-state index contributed by atoms with van der Waals surface area (Å²) >= 11 is 12.7. The minimum absolute atomic E-state index is 0.548. The molecular formula is C17H24Cl2N2. The van der Waals surface area contributed by atoms with Crippen molar-refractivity contribution in [1.29, 1.82) is 0 Å². The number of halogens is 2. The minimum atomic E-state index is 0.548. The highest BCUT2D eigenvalue weighted by molar-refractivity contribution is 6.35. The van der Waals surface area contributed by atoms with E-state index in [1.54, 1.807) is 0 Å². The van der Waals surface area contributed by atoms with Gasteiger partial charge in [0.05, 0.1) is 0 Å². The monoisotopic (exact) mass is 326 g/mol. The van der Waals surface area contributed by atoms with Gasteiger partial charge in [-0.25, -0.2) is 0 Å². The second kappa shape index (κ2) is 6.45. The van der Waals surface area contributed by atoms with E-state index in [9.17, 15) is 0 Å². The van der Waals surface area contributed by atoms with Gasteiger partial charge >= 0.3 is 0 Å². The molecule has 0 amide bonds. The van der Waals surface area contributed by atoms with Crippen LogP contribution in [0, 0.1) is 11.8 Å². The van der Waals surface area contributed by atoms with Crippen LogP contribution in [0.2, 0.25) is 10.0 Å². The predicted molar refractivity (Wildman–Crippen MR) is 90.0 cm³/mol. The number of rotatable bonds is 4. The highest BCUT2D eigenvalue weighted by Gasteiger charge is 2.38. The molecule has 0 aromatic heterocycles. The Labute approximate surface area is 137 Å². The molecule has 116 valence electrons. The fourth-order valence-corrected chi connectivity index (χ4v) is 3.91. The predicted octanol–water partition coefficient (Wildman–Crippen LogP) is 4.20. The van der Waals surface area contributed by atoms with E-state index in [4.69, 9.17) is 23.2 Å². The van der Waals surface area contributed by atoms with E-state index in [2.05, 4.69) is 24.1 Å². The third kappa shape index (κ3) is 3.56. The maximum absolute atomic E-state index is 6.36. The lowest BCUT2D eigenvalue weighted by atomic mass is 9.96. The lowest BCUT2D eigenvalue weighted by Gasteiger charge is -2.43. The summed E-state index contributed by atoms with van der Waals surface area (Å²) < 4.78 is 0. The van der Waals surface area contributed by atoms with Crippen LogP contribution in [0.1, 0.15) is 32.3 Å². The van der Waals surface area contributed by atoms with Crippen molar-refractivity contribution in [3.05, 3.63) is 33.8 Å². The zero-order valence-electron chi connectivity index (χ0n) is 12.8. The van der Waals surface area contributed by atoms with Gasteiger partial charge in [0.2, 0.25) is 0 Å². The maximum atomic E-state index is 6.36. The standard InChI is InChI=1S/C17H24Cl2N2/c1-11(2)17-8-20-16(12-6-7-12)10-21(17)9-13-14(18)4-3-5-15(13)19/h3-5,11-12,16-17,20H,6-10H2,1-2H3. The highest BCUT2D eigenvalue weighted by atomic mass is 35.5. The number of benzene rings is 1. The van der Waals surface area contributed by atoms with Crippen LogP contribution < -0.4 is 5.32 Å². The largest absolute Gasteiger partial charge is 0.311 e. The molecular weight excluding hydrogens is 303 g/mol. The van der Waals surface area contributed by atoms with Gasteiger partial charge in [-0.3, -0.25) is 4.90 Å². The number of nitrogens with zero attached hydrogens (tertiary/aromatic N) is 1. The second-order valence-electron chi connectivity index (χ2n) is 6.79. The van der Waals surface area contributed by atoms with Crippen LogP contribution in [-0.4, -0.2) is 30.1 Å². The van der Waals surface area contributed by atoms with Crippen LogP contribution in [0.3, 0.4) is 0 Å². The quantitative estimate of drug-likeness (QED) is 0.891. The molecule has 2 nitrogen and oxygen atoms in total. The van der Waals surface area contributed by atoms with Gasteiger partial charge in [0.15, 0.2) is 0 Å². The zero-order chi connectivity index (χ0) is 15.0. The van der Waals surface area contributed by atoms with E-state index in [0.29, 0.717) is 18.0 Å². The summed E-state index contributed by atoms with van der Waals surface area (Å²) in [5.41, 5.74) is 1.07. The molecule has 1 aliphatic carbocycles. The Bertz CT molecular complexity index is 479. The van der Waals surface area contributed by atoms with Crippen LogP contribution in [0.5, 0.6) is 0 Å². The van der Waals surface area contributed by atoms with Crippen LogP contribution in [0.25, 0.3) is 0 Å². The molecule has 1 N–H and O–H groups in total. The van der Waals surface area contributed by atoms with E-state index in [-0.39, 0.29) is 0 Å². The maximum Gasteiger partial charge on any atom is 0.0465 e. The summed E-state index contributed by atoms with van der Waals surface area (Å²) in [6, 6.07) is 6.98. The van der Waals surface area contributed by atoms with Crippen molar-refractivity contribution in [2.24, 2.45) is 11.8 Å². The smallest absolute Gasteiger partial charge is 0.0465 e. The molecule has 21 heavy (non-hydrogen) atoms. The van der Waals surface area contributed by atoms with Crippen LogP contribution in [0.4, 0.5) is 0 Å². The number of piperazine rings is 1. The normalized spacial score (nSPS) is 27.3. The van der Waals surface area contributed by atoms with E-state index >= 15 is 0 Å². The Morgan fingerprint density at radius 2 is 1.90 bits per heavy atom. The number of nitrogens with one attached hydrogen (secondary N) is 1. The molecule has 1 aromatic rings. The van der Waals surface area contributed by atoms with Crippen molar-refractivity contribution in [2.75, 3.05) is 13.1 Å². The Balaban J connectivity index is 1.78. The van der Waals surface area contributed by atoms with E-state index in [1.807, 2.05) is 18.2 Å². The third-order valence-corrected chi connectivity index (χ3v) is 5.58. The van der Waals surface area contributed by atoms with Crippen molar-refractivity contribution in [3.63, 3.8) is 0 Å². The van der Waals surface area contributed by atoms with Gasteiger partial charge in [-0.05, 0) is 36.8 Å². The number of hydrogen-bond acceptors (Lipinski definition) is 2. The van der Waals surface area contributed by atoms with Gasteiger partial charge in [0.25, 0.3) is 0 Å². The molecule has 1 saturated heterocycles. The summed E-state index contributed by atoms with van der Waals surface area (Å²) in [6.45, 7) is 7.62. The molecule has 4 heteroatoms. The zero-order valence-corrected chi connectivity index (χ0v) is 14.3. The molecule has 3 rings (SSSR count). The lowest BCUT2D eigenvalue weighted by molar-refractivity contribution is 0.0853. The van der Waals surface area contributed by atoms with Crippen molar-refractivity contribution >= 4 is 23.2 Å². The summed E-state index contributed by atoms with van der Waals surface area (Å²) in [6.07, 6.45) is 2.76. The van der Waals surface area contributed by atoms with E-state index in [1.165, 1.54) is 12.8 Å². The molecule has 0 bridgehead atoms. The molecule has 2 atom stereocenters. The Morgan fingerprint density at radius 3 is 2.48 bits per heavy atom. The van der Waals surface area contributed by atoms with Gasteiger partial charge in [-0.2, -0.15) is 0 Å². The van der Waals surface area contributed by atoms with Crippen molar-refractivity contribution in [1.82, 2.24) is 10.2 Å². The summed E-state index contributed by atoms with van der Waals surface area (Å²) in [4.78, 5) is 2.58. The molecule has 1 saturated carbocycles. The average Bonchev–Trinajstić information content (AvgIpc) is 3.27. The summed E-state index contributed by atoms with van der Waals surface area (Å²) in [5.74, 6) is 1.50. The fraction of sp³-hybridized carbons (Fsp3) is 0.647. The van der Waals surface area contributed by atoms with Gasteiger partial charge in [0, 0.05) is 47.3 Å². The first-order valence-corrected chi connectivity index (χ1v) is 8.72. The topological polar surface area (TPSA) is 15.3 Å². The Hall–Kier alpha value is -0.280. The molecule has 1 aromatic carbocycles. The minimum Gasteiger partial charge on any atom is -0.311 e. The first kappa shape index (κ1) is 15.6. The van der Waals surface area contributed by atoms with Crippen LogP contribution in [0.15, 0.2) is 18.2 Å². The van der Waals surface area contributed by atoms with Crippen LogP contribution in [-0.2, 0) is 6.54 Å². The molecule has 0 spiro atoms. The average molecular weight is 327 g/mol. The Morgan fingerprint density at radius 1 is 1.24 bits per heavy atom. The second-order valence-corrected chi connectivity index (χ2v) is 7.61. The first-order valence-electron chi connectivity index (χ1n) is 7.96. The summed E-state index contributed by atoms with van der Waals surface area (Å²) in [5, 5.41) is 5.32. The van der Waals surface area contributed by atoms with Crippen LogP contribution >= 0.6 is 23.2 Å². The molecule has 1 heterocycles. The van der Waals surface area contributed by atoms with Gasteiger partial charge < -0.3 is 5.32 Å². The van der Waals surface area contributed by atoms with Crippen molar-refractivity contribution in [2.45, 2.75) is 45.3 Å². The van der Waals surface area contributed by atoms with Crippen molar-refractivity contribution < 1.29 is 0 Å². The van der Waals surface area contributed by atoms with Gasteiger partial charge in [-0.15, -0.1) is 0 Å². The number of hydrogen-bond donors (Lipinski definition) is 1. The first-order chi connectivity index (χ1) is 10.1. The SMILES string of the molecule is CC(C)C1CNC(C2CC2)CN1Cc1c(Cl)cccc1Cl. The van der Waals surface area contributed by atoms with Gasteiger partial charge in [-0.1, -0.05) is 43.1 Å². The highest BCUT2D eigenvalue weighted by Crippen LogP contribution is 2.36. The lowest BCUT2D eigenvalue weighted by Crippen LogP contribution is -2.58. The molecule has 2 fully saturated rings. The summed E-state index contributed by atoms with van der Waals surface area (Å²) in [7, 11) is 0. The van der Waals surface area contributed by atoms with Gasteiger partial charge in [0.1, 0.15) is 0 Å². The molecule has 1 aliphatic heterocycles. The molecule has 2 unspecified atom stereocenters. The fourth-order valence-electron chi connectivity index (χ4n) is 3.39. The van der Waals surface area contributed by atoms with Crippen molar-refractivity contribution in [3.8, 4) is 0 Å². The Kier molecular flexibility index (Phi) is 4.80. The van der Waals surface area contributed by atoms with E-state index in [0.717, 1.165) is 41.2 Å². The molecule has 0 radical (unpaired) electrons.